The smallest absolute Gasteiger partial charge is 0.339 e. The summed E-state index contributed by atoms with van der Waals surface area (Å²) in [6, 6.07) is 12.9. The van der Waals surface area contributed by atoms with Gasteiger partial charge in [-0.05, 0) is 74.4 Å². The number of piperidine rings is 1. The van der Waals surface area contributed by atoms with Crippen LogP contribution >= 0.6 is 0 Å². The summed E-state index contributed by atoms with van der Waals surface area (Å²) in [6.07, 6.45) is 12.7. The lowest BCUT2D eigenvalue weighted by Gasteiger charge is -2.35. The van der Waals surface area contributed by atoms with Crippen molar-refractivity contribution < 1.29 is 28.9 Å². The second-order valence-corrected chi connectivity index (χ2v) is 14.7. The number of carbonyl (C=O) groups is 2. The summed E-state index contributed by atoms with van der Waals surface area (Å²) in [5.74, 6) is 8.39. The highest BCUT2D eigenvalue weighted by atomic mass is 32.2. The summed E-state index contributed by atoms with van der Waals surface area (Å²) in [4.78, 5) is 40.6. The molecule has 0 radical (unpaired) electrons. The maximum atomic E-state index is 13.3. The Kier molecular flexibility index (Phi) is 10.3. The van der Waals surface area contributed by atoms with Crippen molar-refractivity contribution in [3.8, 4) is 23.4 Å². The van der Waals surface area contributed by atoms with Crippen molar-refractivity contribution in [2.45, 2.75) is 51.0 Å². The number of likely N-dealkylation sites (tertiary alicyclic amines) is 1. The Bertz CT molecular complexity index is 1930. The molecule has 0 N–H and O–H groups in total. The Morgan fingerprint density at radius 3 is 2.56 bits per heavy atom. The average Bonchev–Trinajstić information content (AvgIpc) is 3.55. The minimum Gasteiger partial charge on any atom is -0.493 e. The number of rotatable bonds is 9. The molecule has 6 rings (SSSR count). The van der Waals surface area contributed by atoms with Crippen LogP contribution in [0.25, 0.3) is 16.7 Å². The molecule has 12 heteroatoms. The lowest BCUT2D eigenvalue weighted by molar-refractivity contribution is -0.138. The van der Waals surface area contributed by atoms with Gasteiger partial charge in [0.25, 0.3) is 0 Å². The van der Waals surface area contributed by atoms with Crippen molar-refractivity contribution >= 4 is 32.6 Å². The lowest BCUT2D eigenvalue weighted by atomic mass is 9.81. The zero-order valence-electron chi connectivity index (χ0n) is 27.0. The fourth-order valence-corrected chi connectivity index (χ4v) is 6.96. The first-order valence-electron chi connectivity index (χ1n) is 16.4. The Hall–Kier alpha value is -4.76. The third kappa shape index (κ3) is 8.39. The van der Waals surface area contributed by atoms with Crippen LogP contribution in [0.15, 0.2) is 67.3 Å². The van der Waals surface area contributed by atoms with Gasteiger partial charge in [0.2, 0.25) is 11.7 Å². The number of hydrogen-bond donors (Lipinski definition) is 0. The van der Waals surface area contributed by atoms with E-state index in [1.165, 1.54) is 12.5 Å². The number of nitrogens with zero attached hydrogens (tertiary/aromatic N) is 5. The van der Waals surface area contributed by atoms with Crippen LogP contribution in [-0.2, 0) is 19.4 Å². The van der Waals surface area contributed by atoms with Gasteiger partial charge in [0, 0.05) is 75.6 Å². The molecule has 4 heterocycles. The molecule has 2 aliphatic rings. The predicted molar refractivity (Wildman–Crippen MR) is 182 cm³/mol. The molecule has 252 valence electrons. The van der Waals surface area contributed by atoms with Gasteiger partial charge in [0.15, 0.2) is 0 Å². The van der Waals surface area contributed by atoms with Crippen molar-refractivity contribution in [1.82, 2.24) is 24.4 Å². The molecule has 0 atom stereocenters. The van der Waals surface area contributed by atoms with E-state index in [2.05, 4.69) is 21.8 Å². The summed E-state index contributed by atoms with van der Waals surface area (Å²) in [7, 11) is -3.03. The van der Waals surface area contributed by atoms with Crippen molar-refractivity contribution in [3.63, 3.8) is 0 Å². The highest BCUT2D eigenvalue weighted by molar-refractivity contribution is 7.90. The number of sulfone groups is 1. The Labute approximate surface area is 282 Å². The highest BCUT2D eigenvalue weighted by Crippen LogP contribution is 2.31. The minimum absolute atomic E-state index is 0. The van der Waals surface area contributed by atoms with E-state index < -0.39 is 9.84 Å². The highest BCUT2D eigenvalue weighted by Gasteiger charge is 2.32. The molecule has 0 unspecified atom stereocenters. The molecular formula is C36H41N5O6S. The van der Waals surface area contributed by atoms with Gasteiger partial charge in [0.05, 0.1) is 23.4 Å². The number of aromatic nitrogens is 4. The lowest BCUT2D eigenvalue weighted by Crippen LogP contribution is -2.44. The van der Waals surface area contributed by atoms with Gasteiger partial charge < -0.3 is 18.9 Å². The quantitative estimate of drug-likeness (QED) is 0.139. The largest absolute Gasteiger partial charge is 0.493 e. The van der Waals surface area contributed by atoms with E-state index in [-0.39, 0.29) is 37.0 Å². The average molecular weight is 672 g/mol. The second-order valence-electron chi connectivity index (χ2n) is 12.4. The minimum atomic E-state index is -3.03. The van der Waals surface area contributed by atoms with E-state index in [0.717, 1.165) is 36.6 Å². The Morgan fingerprint density at radius 2 is 1.81 bits per heavy atom. The summed E-state index contributed by atoms with van der Waals surface area (Å²) >= 11 is 0. The molecule has 1 amide bonds. The predicted octanol–water partition coefficient (Wildman–Crippen LogP) is 4.88. The number of hydrogen-bond acceptors (Lipinski definition) is 9. The molecule has 0 bridgehead atoms. The first-order valence-corrected chi connectivity index (χ1v) is 18.4. The van der Waals surface area contributed by atoms with Crippen molar-refractivity contribution in [2.24, 2.45) is 11.8 Å². The topological polar surface area (TPSA) is 134 Å². The van der Waals surface area contributed by atoms with Crippen LogP contribution in [0.1, 0.15) is 62.6 Å². The van der Waals surface area contributed by atoms with Crippen LogP contribution in [0.3, 0.4) is 0 Å². The maximum Gasteiger partial charge on any atom is 0.339 e. The molecule has 1 saturated carbocycles. The SMILES string of the molecule is CS(=O)(=O)CCCOc1cccc2c1ccn2-c1ccnc(C#CC2CCC(C(=O)N3CCC(OC(=O)c4cccnc4)CC3)CC2)n1.[HH]. The number of pyridine rings is 1. The van der Waals surface area contributed by atoms with Crippen LogP contribution in [-0.4, -0.2) is 82.5 Å². The third-order valence-electron chi connectivity index (χ3n) is 8.89. The number of carbonyl (C=O) groups excluding carboxylic acids is 2. The van der Waals surface area contributed by atoms with Gasteiger partial charge in [-0.25, -0.2) is 23.2 Å². The molecule has 3 aromatic heterocycles. The molecular weight excluding hydrogens is 630 g/mol. The fourth-order valence-electron chi connectivity index (χ4n) is 6.32. The molecule has 4 aromatic rings. The molecule has 1 aliphatic carbocycles. The third-order valence-corrected chi connectivity index (χ3v) is 9.92. The van der Waals surface area contributed by atoms with E-state index in [0.29, 0.717) is 61.9 Å². The fraction of sp³-hybridized carbons (Fsp3) is 0.417. The summed E-state index contributed by atoms with van der Waals surface area (Å²) in [5, 5.41) is 0.906. The first kappa shape index (κ1) is 33.2. The van der Waals surface area contributed by atoms with Gasteiger partial charge in [0.1, 0.15) is 27.5 Å². The summed E-state index contributed by atoms with van der Waals surface area (Å²) in [5.41, 5.74) is 1.35. The Morgan fingerprint density at radius 1 is 1.00 bits per heavy atom. The molecule has 1 aromatic carbocycles. The van der Waals surface area contributed by atoms with E-state index in [9.17, 15) is 18.0 Å². The molecule has 0 spiro atoms. The van der Waals surface area contributed by atoms with Crippen LogP contribution in [0, 0.1) is 23.7 Å². The van der Waals surface area contributed by atoms with Gasteiger partial charge in [-0.15, -0.1) is 0 Å². The monoisotopic (exact) mass is 671 g/mol. The molecule has 48 heavy (non-hydrogen) atoms. The van der Waals surface area contributed by atoms with Crippen LogP contribution in [0.5, 0.6) is 5.75 Å². The van der Waals surface area contributed by atoms with Crippen LogP contribution < -0.4 is 4.74 Å². The van der Waals surface area contributed by atoms with E-state index in [1.807, 2.05) is 46.0 Å². The van der Waals surface area contributed by atoms with Crippen LogP contribution in [0.2, 0.25) is 0 Å². The summed E-state index contributed by atoms with van der Waals surface area (Å²) < 4.78 is 36.4. The van der Waals surface area contributed by atoms with E-state index in [1.54, 1.807) is 24.5 Å². The van der Waals surface area contributed by atoms with Gasteiger partial charge in [-0.1, -0.05) is 12.0 Å². The van der Waals surface area contributed by atoms with E-state index >= 15 is 0 Å². The number of esters is 1. The van der Waals surface area contributed by atoms with E-state index in [4.69, 9.17) is 14.5 Å². The van der Waals surface area contributed by atoms with Gasteiger partial charge in [-0.2, -0.15) is 0 Å². The summed E-state index contributed by atoms with van der Waals surface area (Å²) in [6.45, 7) is 1.49. The molecule has 1 aliphatic heterocycles. The zero-order valence-corrected chi connectivity index (χ0v) is 27.8. The van der Waals surface area contributed by atoms with Gasteiger partial charge in [-0.3, -0.25) is 9.78 Å². The molecule has 1 saturated heterocycles. The van der Waals surface area contributed by atoms with Crippen LogP contribution in [0.4, 0.5) is 0 Å². The maximum absolute atomic E-state index is 13.3. The zero-order chi connectivity index (χ0) is 33.5. The first-order chi connectivity index (χ1) is 23.2. The standard InChI is InChI=1S/C36H39N5O6S.H2/c1-48(44,45)24-4-23-46-32-7-2-6-31-30(32)17-22-41(31)34-14-19-38-33(39-34)13-10-26-8-11-27(12-9-26)35(42)40-20-15-29(16-21-40)47-36(43)28-5-3-18-37-25-28;/h2-3,5-7,14,17-19,22,25-27,29H,4,8-9,11-12,15-16,20-21,23-24H2,1H3;1H. The normalized spacial score (nSPS) is 18.6. The number of fused-ring (bicyclic) bond motifs is 1. The van der Waals surface area contributed by atoms with Crippen molar-refractivity contribution in [2.75, 3.05) is 31.7 Å². The molecule has 2 fully saturated rings. The van der Waals surface area contributed by atoms with Crippen molar-refractivity contribution in [3.05, 3.63) is 78.6 Å². The van der Waals surface area contributed by atoms with Crippen molar-refractivity contribution in [1.29, 1.82) is 0 Å². The Balaban J connectivity index is 0.00000468. The number of benzene rings is 1. The number of ether oxygens (including phenoxy) is 2. The number of amides is 1. The van der Waals surface area contributed by atoms with Gasteiger partial charge >= 0.3 is 5.97 Å². The molecule has 11 nitrogen and oxygen atoms in total. The second kappa shape index (κ2) is 15.0.